The zero-order chi connectivity index (χ0) is 14.6. The maximum Gasteiger partial charge on any atom is 0.274 e. The summed E-state index contributed by atoms with van der Waals surface area (Å²) in [7, 11) is 2.01. The van der Waals surface area contributed by atoms with E-state index in [0.29, 0.717) is 5.69 Å². The Labute approximate surface area is 126 Å². The summed E-state index contributed by atoms with van der Waals surface area (Å²) in [5.41, 5.74) is 0.733. The molecule has 5 rings (SSSR count). The molecule has 0 N–H and O–H groups in total. The highest BCUT2D eigenvalue weighted by atomic mass is 16.2. The Morgan fingerprint density at radius 3 is 2.33 bits per heavy atom. The molecule has 4 heteroatoms. The minimum absolute atomic E-state index is 0.115. The van der Waals surface area contributed by atoms with Crippen molar-refractivity contribution in [1.82, 2.24) is 14.7 Å². The van der Waals surface area contributed by atoms with Gasteiger partial charge in [-0.1, -0.05) is 0 Å². The molecule has 21 heavy (non-hydrogen) atoms. The molecule has 0 unspecified atom stereocenters. The van der Waals surface area contributed by atoms with E-state index in [1.807, 2.05) is 30.9 Å². The van der Waals surface area contributed by atoms with Gasteiger partial charge in [0, 0.05) is 25.3 Å². The Balaban J connectivity index is 1.59. The number of carbonyl (C=O) groups is 1. The number of amides is 1. The van der Waals surface area contributed by atoms with Crippen LogP contribution in [0.3, 0.4) is 0 Å². The summed E-state index contributed by atoms with van der Waals surface area (Å²) in [6.07, 6.45) is 9.78. The molecule has 0 aliphatic heterocycles. The highest BCUT2D eigenvalue weighted by molar-refractivity contribution is 5.92. The number of nitrogens with zero attached hydrogens (tertiary/aromatic N) is 3. The molecular weight excluding hydrogens is 262 g/mol. The monoisotopic (exact) mass is 287 g/mol. The van der Waals surface area contributed by atoms with E-state index in [-0.39, 0.29) is 11.4 Å². The van der Waals surface area contributed by atoms with E-state index in [9.17, 15) is 4.79 Å². The highest BCUT2D eigenvalue weighted by Gasteiger charge is 2.53. The van der Waals surface area contributed by atoms with Crippen molar-refractivity contribution >= 4 is 5.91 Å². The number of hydrogen-bond acceptors (Lipinski definition) is 2. The van der Waals surface area contributed by atoms with Gasteiger partial charge in [0.05, 0.1) is 0 Å². The van der Waals surface area contributed by atoms with Gasteiger partial charge >= 0.3 is 0 Å². The summed E-state index contributed by atoms with van der Waals surface area (Å²) >= 11 is 0. The molecule has 0 saturated heterocycles. The molecular formula is C17H25N3O. The number of aryl methyl sites for hydroxylation is 1. The van der Waals surface area contributed by atoms with Gasteiger partial charge in [-0.3, -0.25) is 9.48 Å². The fraction of sp³-hybridized carbons (Fsp3) is 0.765. The van der Waals surface area contributed by atoms with Crippen LogP contribution >= 0.6 is 0 Å². The summed E-state index contributed by atoms with van der Waals surface area (Å²) in [5.74, 6) is 2.70. The van der Waals surface area contributed by atoms with Crippen molar-refractivity contribution in [2.75, 3.05) is 7.05 Å². The predicted octanol–water partition coefficient (Wildman–Crippen LogP) is 2.94. The second kappa shape index (κ2) is 4.59. The number of hydrogen-bond donors (Lipinski definition) is 0. The van der Waals surface area contributed by atoms with E-state index < -0.39 is 0 Å². The van der Waals surface area contributed by atoms with Crippen LogP contribution in [-0.2, 0) is 6.54 Å². The first kappa shape index (κ1) is 13.4. The Kier molecular flexibility index (Phi) is 2.92. The summed E-state index contributed by atoms with van der Waals surface area (Å²) in [6.45, 7) is 2.86. The van der Waals surface area contributed by atoms with Gasteiger partial charge in [-0.25, -0.2) is 0 Å². The van der Waals surface area contributed by atoms with Gasteiger partial charge in [-0.05, 0) is 69.3 Å². The first-order valence-corrected chi connectivity index (χ1v) is 8.41. The largest absolute Gasteiger partial charge is 0.335 e. The maximum atomic E-state index is 12.8. The zero-order valence-electron chi connectivity index (χ0n) is 13.1. The lowest BCUT2D eigenvalue weighted by molar-refractivity contribution is -0.0667. The van der Waals surface area contributed by atoms with Gasteiger partial charge in [0.25, 0.3) is 5.91 Å². The van der Waals surface area contributed by atoms with Gasteiger partial charge in [-0.15, -0.1) is 0 Å². The van der Waals surface area contributed by atoms with Crippen LogP contribution in [0, 0.1) is 17.8 Å². The summed E-state index contributed by atoms with van der Waals surface area (Å²) in [4.78, 5) is 14.9. The normalized spacial score (nSPS) is 37.0. The van der Waals surface area contributed by atoms with Gasteiger partial charge in [-0.2, -0.15) is 5.10 Å². The topological polar surface area (TPSA) is 38.1 Å². The van der Waals surface area contributed by atoms with Crippen molar-refractivity contribution < 1.29 is 4.79 Å². The quantitative estimate of drug-likeness (QED) is 0.857. The molecule has 4 aliphatic carbocycles. The molecule has 4 nitrogen and oxygen atoms in total. The van der Waals surface area contributed by atoms with Crippen molar-refractivity contribution in [2.24, 2.45) is 17.8 Å². The molecule has 4 fully saturated rings. The number of carbonyl (C=O) groups excluding carboxylic acids is 1. The lowest BCUT2D eigenvalue weighted by Gasteiger charge is -2.59. The molecule has 1 heterocycles. The van der Waals surface area contributed by atoms with Crippen LogP contribution in [0.2, 0.25) is 0 Å². The van der Waals surface area contributed by atoms with Crippen LogP contribution in [0.4, 0.5) is 0 Å². The molecule has 4 aliphatic rings. The van der Waals surface area contributed by atoms with Gasteiger partial charge < -0.3 is 4.90 Å². The van der Waals surface area contributed by atoms with Crippen molar-refractivity contribution in [3.05, 3.63) is 18.0 Å². The third kappa shape index (κ3) is 2.02. The highest BCUT2D eigenvalue weighted by Crippen LogP contribution is 2.57. The van der Waals surface area contributed by atoms with E-state index in [1.165, 1.54) is 38.5 Å². The van der Waals surface area contributed by atoms with Crippen LogP contribution in [-0.4, -0.2) is 33.2 Å². The summed E-state index contributed by atoms with van der Waals surface area (Å²) < 4.78 is 1.83. The van der Waals surface area contributed by atoms with Crippen molar-refractivity contribution in [1.29, 1.82) is 0 Å². The van der Waals surface area contributed by atoms with E-state index in [0.717, 1.165) is 24.3 Å². The predicted molar refractivity (Wildman–Crippen MR) is 80.9 cm³/mol. The van der Waals surface area contributed by atoms with Crippen LogP contribution in [0.5, 0.6) is 0 Å². The fourth-order valence-electron chi connectivity index (χ4n) is 5.51. The van der Waals surface area contributed by atoms with Crippen molar-refractivity contribution in [3.8, 4) is 0 Å². The maximum absolute atomic E-state index is 12.8. The Bertz CT molecular complexity index is 527. The third-order valence-corrected chi connectivity index (χ3v) is 6.21. The average molecular weight is 287 g/mol. The van der Waals surface area contributed by atoms with Crippen LogP contribution < -0.4 is 0 Å². The first-order chi connectivity index (χ1) is 10.1. The smallest absolute Gasteiger partial charge is 0.274 e. The minimum Gasteiger partial charge on any atom is -0.335 e. The van der Waals surface area contributed by atoms with Gasteiger partial charge in [0.15, 0.2) is 0 Å². The Morgan fingerprint density at radius 1 is 1.29 bits per heavy atom. The lowest BCUT2D eigenvalue weighted by atomic mass is 9.52. The summed E-state index contributed by atoms with van der Waals surface area (Å²) in [5, 5.41) is 4.40. The molecule has 0 aromatic carbocycles. The SMILES string of the molecule is CCn1ccc(C(=O)N(C)C23CC4CC(CC(C4)C2)C3)n1. The molecule has 4 saturated carbocycles. The molecule has 4 bridgehead atoms. The zero-order valence-corrected chi connectivity index (χ0v) is 13.1. The molecule has 0 atom stereocenters. The first-order valence-electron chi connectivity index (χ1n) is 8.41. The van der Waals surface area contributed by atoms with Crippen molar-refractivity contribution in [2.45, 2.75) is 57.5 Å². The standard InChI is InChI=1S/C17H25N3O/c1-3-20-5-4-15(18-20)16(21)19(2)17-9-12-6-13(10-17)8-14(7-12)11-17/h4-5,12-14H,3,6-11H2,1-2H3. The lowest BCUT2D eigenvalue weighted by Crippen LogP contribution is -2.60. The molecule has 1 aromatic rings. The second-order valence-electron chi connectivity index (χ2n) is 7.56. The summed E-state index contributed by atoms with van der Waals surface area (Å²) in [6, 6.07) is 1.86. The van der Waals surface area contributed by atoms with E-state index in [2.05, 4.69) is 10.00 Å². The Hall–Kier alpha value is -1.32. The van der Waals surface area contributed by atoms with Crippen molar-refractivity contribution in [3.63, 3.8) is 0 Å². The average Bonchev–Trinajstić information content (AvgIpc) is 2.93. The number of aromatic nitrogens is 2. The fourth-order valence-corrected chi connectivity index (χ4v) is 5.51. The Morgan fingerprint density at radius 2 is 1.86 bits per heavy atom. The van der Waals surface area contributed by atoms with Crippen LogP contribution in [0.15, 0.2) is 12.3 Å². The number of rotatable bonds is 3. The van der Waals surface area contributed by atoms with E-state index in [1.54, 1.807) is 0 Å². The molecule has 0 spiro atoms. The minimum atomic E-state index is 0.115. The van der Waals surface area contributed by atoms with Crippen LogP contribution in [0.25, 0.3) is 0 Å². The molecule has 1 aromatic heterocycles. The molecule has 0 radical (unpaired) electrons. The van der Waals surface area contributed by atoms with Crippen LogP contribution in [0.1, 0.15) is 55.9 Å². The second-order valence-corrected chi connectivity index (χ2v) is 7.56. The van der Waals surface area contributed by atoms with Gasteiger partial charge in [0.2, 0.25) is 0 Å². The molecule has 114 valence electrons. The third-order valence-electron chi connectivity index (χ3n) is 6.21. The van der Waals surface area contributed by atoms with E-state index in [4.69, 9.17) is 0 Å². The molecule has 1 amide bonds. The van der Waals surface area contributed by atoms with E-state index >= 15 is 0 Å². The van der Waals surface area contributed by atoms with Gasteiger partial charge in [0.1, 0.15) is 5.69 Å².